The number of hydrogen-bond donors (Lipinski definition) is 1. The van der Waals surface area contributed by atoms with E-state index in [9.17, 15) is 4.79 Å². The van der Waals surface area contributed by atoms with Gasteiger partial charge < -0.3 is 10.6 Å². The Morgan fingerprint density at radius 2 is 2.26 bits per heavy atom. The van der Waals surface area contributed by atoms with Crippen LogP contribution < -0.4 is 5.73 Å². The van der Waals surface area contributed by atoms with Crippen LogP contribution >= 0.6 is 0 Å². The lowest BCUT2D eigenvalue weighted by Crippen LogP contribution is -2.38. The Bertz CT molecular complexity index is 482. The number of amides is 1. The summed E-state index contributed by atoms with van der Waals surface area (Å²) in [6, 6.07) is 1.76. The number of aryl methyl sites for hydroxylation is 2. The topological polar surface area (TPSA) is 64.2 Å². The number of carbonyl (C=O) groups excluding carboxylic acids is 1. The zero-order valence-electron chi connectivity index (χ0n) is 12.3. The molecule has 1 amide bonds. The van der Waals surface area contributed by atoms with E-state index in [2.05, 4.69) is 12.0 Å². The third-order valence-electron chi connectivity index (χ3n) is 4.13. The summed E-state index contributed by atoms with van der Waals surface area (Å²) in [6.45, 7) is 10.2. The lowest BCUT2D eigenvalue weighted by molar-refractivity contribution is -0.133. The van der Waals surface area contributed by atoms with Gasteiger partial charge in [0.05, 0.1) is 5.69 Å². The molecule has 1 aliphatic heterocycles. The summed E-state index contributed by atoms with van der Waals surface area (Å²) < 4.78 is 1.82. The van der Waals surface area contributed by atoms with Gasteiger partial charge in [-0.15, -0.1) is 0 Å². The van der Waals surface area contributed by atoms with Gasteiger partial charge >= 0.3 is 0 Å². The molecular weight excluding hydrogens is 240 g/mol. The molecule has 19 heavy (non-hydrogen) atoms. The Morgan fingerprint density at radius 1 is 1.58 bits per heavy atom. The number of likely N-dealkylation sites (tertiary alicyclic amines) is 1. The number of nitrogens with zero attached hydrogens (tertiary/aromatic N) is 3. The van der Waals surface area contributed by atoms with E-state index in [1.54, 1.807) is 0 Å². The molecule has 0 spiro atoms. The summed E-state index contributed by atoms with van der Waals surface area (Å²) in [5, 5.41) is 4.40. The third-order valence-corrected chi connectivity index (χ3v) is 4.13. The molecule has 1 aliphatic rings. The molecule has 0 aromatic carbocycles. The van der Waals surface area contributed by atoms with E-state index in [0.29, 0.717) is 6.54 Å². The summed E-state index contributed by atoms with van der Waals surface area (Å²) in [4.78, 5) is 14.5. The average Bonchev–Trinajstić information content (AvgIpc) is 2.92. The van der Waals surface area contributed by atoms with Crippen molar-refractivity contribution >= 4 is 5.91 Å². The molecule has 0 saturated carbocycles. The lowest BCUT2D eigenvalue weighted by Gasteiger charge is -2.25. The number of rotatable bonds is 3. The van der Waals surface area contributed by atoms with E-state index in [1.807, 2.05) is 36.4 Å². The van der Waals surface area contributed by atoms with Crippen molar-refractivity contribution in [2.24, 2.45) is 11.1 Å². The first kappa shape index (κ1) is 14.1. The maximum atomic E-state index is 12.5. The van der Waals surface area contributed by atoms with Crippen LogP contribution in [0.2, 0.25) is 0 Å². The van der Waals surface area contributed by atoms with Crippen LogP contribution in [0, 0.1) is 19.3 Å². The SMILES string of the molecule is Cc1cc(C)n(C(C)C(=O)N2CCC(C)(CN)C2)n1. The van der Waals surface area contributed by atoms with Crippen LogP contribution in [-0.2, 0) is 4.79 Å². The Labute approximate surface area is 114 Å². The highest BCUT2D eigenvalue weighted by Gasteiger charge is 2.36. The third kappa shape index (κ3) is 2.66. The Hall–Kier alpha value is -1.36. The quantitative estimate of drug-likeness (QED) is 0.894. The van der Waals surface area contributed by atoms with Gasteiger partial charge in [-0.1, -0.05) is 6.92 Å². The van der Waals surface area contributed by atoms with E-state index >= 15 is 0 Å². The van der Waals surface area contributed by atoms with Crippen molar-refractivity contribution in [2.75, 3.05) is 19.6 Å². The van der Waals surface area contributed by atoms with Crippen molar-refractivity contribution in [3.8, 4) is 0 Å². The van der Waals surface area contributed by atoms with Gasteiger partial charge in [0.1, 0.15) is 6.04 Å². The predicted octanol–water partition coefficient (Wildman–Crippen LogP) is 1.26. The molecule has 1 saturated heterocycles. The van der Waals surface area contributed by atoms with Gasteiger partial charge in [0.2, 0.25) is 5.91 Å². The molecule has 106 valence electrons. The molecule has 0 aliphatic carbocycles. The fourth-order valence-electron chi connectivity index (χ4n) is 2.79. The number of nitrogens with two attached hydrogens (primary N) is 1. The van der Waals surface area contributed by atoms with Crippen LogP contribution in [0.25, 0.3) is 0 Å². The number of aromatic nitrogens is 2. The van der Waals surface area contributed by atoms with Crippen molar-refractivity contribution in [3.05, 3.63) is 17.5 Å². The molecule has 1 fully saturated rings. The molecule has 2 rings (SSSR count). The summed E-state index contributed by atoms with van der Waals surface area (Å²) in [7, 11) is 0. The first-order valence-corrected chi connectivity index (χ1v) is 6.88. The van der Waals surface area contributed by atoms with Crippen molar-refractivity contribution in [1.82, 2.24) is 14.7 Å². The minimum atomic E-state index is -0.242. The Morgan fingerprint density at radius 3 is 2.74 bits per heavy atom. The smallest absolute Gasteiger partial charge is 0.247 e. The van der Waals surface area contributed by atoms with Gasteiger partial charge in [0.15, 0.2) is 0 Å². The lowest BCUT2D eigenvalue weighted by atomic mass is 9.90. The van der Waals surface area contributed by atoms with Gasteiger partial charge in [-0.2, -0.15) is 5.10 Å². The van der Waals surface area contributed by atoms with Crippen molar-refractivity contribution in [1.29, 1.82) is 0 Å². The molecule has 0 radical (unpaired) electrons. The molecule has 2 N–H and O–H groups in total. The molecule has 0 bridgehead atoms. The van der Waals surface area contributed by atoms with E-state index in [0.717, 1.165) is 30.9 Å². The minimum Gasteiger partial charge on any atom is -0.340 e. The van der Waals surface area contributed by atoms with E-state index in [-0.39, 0.29) is 17.4 Å². The molecule has 2 atom stereocenters. The van der Waals surface area contributed by atoms with E-state index in [4.69, 9.17) is 5.73 Å². The van der Waals surface area contributed by atoms with E-state index < -0.39 is 0 Å². The fraction of sp³-hybridized carbons (Fsp3) is 0.714. The Kier molecular flexibility index (Phi) is 3.67. The standard InChI is InChI=1S/C14H24N4O/c1-10-7-11(2)18(16-10)12(3)13(19)17-6-5-14(4,8-15)9-17/h7,12H,5-6,8-9,15H2,1-4H3. The Balaban J connectivity index is 2.11. The second-order valence-electron chi connectivity index (χ2n) is 6.07. The average molecular weight is 264 g/mol. The number of carbonyl (C=O) groups is 1. The predicted molar refractivity (Wildman–Crippen MR) is 74.8 cm³/mol. The fourth-order valence-corrected chi connectivity index (χ4v) is 2.79. The van der Waals surface area contributed by atoms with Crippen LogP contribution in [0.3, 0.4) is 0 Å². The monoisotopic (exact) mass is 264 g/mol. The number of hydrogen-bond acceptors (Lipinski definition) is 3. The van der Waals surface area contributed by atoms with Crippen LogP contribution in [0.4, 0.5) is 0 Å². The molecule has 5 nitrogen and oxygen atoms in total. The highest BCUT2D eigenvalue weighted by atomic mass is 16.2. The normalized spacial score (nSPS) is 24.8. The van der Waals surface area contributed by atoms with Gasteiger partial charge in [0, 0.05) is 18.8 Å². The van der Waals surface area contributed by atoms with Crippen LogP contribution in [0.15, 0.2) is 6.07 Å². The van der Waals surface area contributed by atoms with Crippen molar-refractivity contribution in [3.63, 3.8) is 0 Å². The molecular formula is C14H24N4O. The van der Waals surface area contributed by atoms with Gasteiger partial charge in [-0.3, -0.25) is 9.48 Å². The van der Waals surface area contributed by atoms with Crippen LogP contribution in [0.5, 0.6) is 0 Å². The van der Waals surface area contributed by atoms with Crippen LogP contribution in [0.1, 0.15) is 37.7 Å². The molecule has 1 aromatic rings. The first-order valence-electron chi connectivity index (χ1n) is 6.88. The molecule has 2 unspecified atom stereocenters. The second kappa shape index (κ2) is 4.96. The minimum absolute atomic E-state index is 0.0739. The zero-order valence-corrected chi connectivity index (χ0v) is 12.3. The largest absolute Gasteiger partial charge is 0.340 e. The van der Waals surface area contributed by atoms with Gasteiger partial charge in [-0.25, -0.2) is 0 Å². The first-order chi connectivity index (χ1) is 8.86. The molecule has 2 heterocycles. The van der Waals surface area contributed by atoms with Crippen molar-refractivity contribution in [2.45, 2.75) is 40.2 Å². The van der Waals surface area contributed by atoms with Crippen molar-refractivity contribution < 1.29 is 4.79 Å². The van der Waals surface area contributed by atoms with Gasteiger partial charge in [0.25, 0.3) is 0 Å². The second-order valence-corrected chi connectivity index (χ2v) is 6.07. The highest BCUT2D eigenvalue weighted by molar-refractivity contribution is 5.80. The van der Waals surface area contributed by atoms with Crippen LogP contribution in [-0.4, -0.2) is 40.2 Å². The summed E-state index contributed by atoms with van der Waals surface area (Å²) in [5.74, 6) is 0.142. The summed E-state index contributed by atoms with van der Waals surface area (Å²) in [5.41, 5.74) is 7.84. The zero-order chi connectivity index (χ0) is 14.2. The maximum Gasteiger partial charge on any atom is 0.247 e. The maximum absolute atomic E-state index is 12.5. The van der Waals surface area contributed by atoms with Gasteiger partial charge in [-0.05, 0) is 45.2 Å². The summed E-state index contributed by atoms with van der Waals surface area (Å²) in [6.07, 6.45) is 0.985. The molecule has 5 heteroatoms. The molecule has 1 aromatic heterocycles. The highest BCUT2D eigenvalue weighted by Crippen LogP contribution is 2.30. The van der Waals surface area contributed by atoms with E-state index in [1.165, 1.54) is 0 Å². The summed E-state index contributed by atoms with van der Waals surface area (Å²) >= 11 is 0.